The maximum atomic E-state index is 5.91. The summed E-state index contributed by atoms with van der Waals surface area (Å²) in [5.41, 5.74) is 2.33. The van der Waals surface area contributed by atoms with Crippen molar-refractivity contribution in [2.24, 2.45) is 0 Å². The Balaban J connectivity index is 2.01. The van der Waals surface area contributed by atoms with Crippen LogP contribution >= 0.6 is 15.9 Å². The molecule has 0 saturated heterocycles. The Morgan fingerprint density at radius 1 is 1.14 bits per heavy atom. The largest absolute Gasteiger partial charge is 0.487 e. The molecule has 0 bridgehead atoms. The zero-order valence-electron chi connectivity index (χ0n) is 12.7. The van der Waals surface area contributed by atoms with E-state index >= 15 is 0 Å². The lowest BCUT2D eigenvalue weighted by Crippen LogP contribution is -2.35. The Morgan fingerprint density at radius 2 is 1.86 bits per heavy atom. The molecule has 1 aromatic carbocycles. The first-order valence-electron chi connectivity index (χ1n) is 6.99. The van der Waals surface area contributed by atoms with Gasteiger partial charge in [0.05, 0.1) is 6.20 Å². The minimum atomic E-state index is 0.0756. The highest BCUT2D eigenvalue weighted by Crippen LogP contribution is 2.19. The van der Waals surface area contributed by atoms with Crippen LogP contribution in [0, 0.1) is 0 Å². The fraction of sp³-hybridized carbons (Fsp3) is 0.353. The van der Waals surface area contributed by atoms with Crippen molar-refractivity contribution < 1.29 is 4.74 Å². The average Bonchev–Trinajstić information content (AvgIpc) is 2.44. The van der Waals surface area contributed by atoms with Crippen LogP contribution in [-0.2, 0) is 13.2 Å². The predicted octanol–water partition coefficient (Wildman–Crippen LogP) is 4.31. The molecule has 0 aliphatic rings. The summed E-state index contributed by atoms with van der Waals surface area (Å²) in [6.45, 7) is 7.76. The molecule has 0 aliphatic carbocycles. The second-order valence-electron chi connectivity index (χ2n) is 6.00. The Labute approximate surface area is 134 Å². The highest BCUT2D eigenvalue weighted by Gasteiger charge is 2.11. The van der Waals surface area contributed by atoms with Gasteiger partial charge >= 0.3 is 0 Å². The molecule has 0 radical (unpaired) electrons. The number of rotatable bonds is 5. The minimum Gasteiger partial charge on any atom is -0.487 e. The lowest BCUT2D eigenvalue weighted by molar-refractivity contribution is 0.299. The molecule has 0 atom stereocenters. The molecule has 2 aromatic rings. The van der Waals surface area contributed by atoms with Gasteiger partial charge in [-0.05, 0) is 44.5 Å². The smallest absolute Gasteiger partial charge is 0.142 e. The van der Waals surface area contributed by atoms with Gasteiger partial charge in [-0.15, -0.1) is 0 Å². The molecular formula is C17H21BrN2O. The van der Waals surface area contributed by atoms with E-state index in [2.05, 4.69) is 47.0 Å². The van der Waals surface area contributed by atoms with Crippen LogP contribution in [0.4, 0.5) is 0 Å². The van der Waals surface area contributed by atoms with Crippen LogP contribution in [0.5, 0.6) is 5.75 Å². The number of nitrogens with zero attached hydrogens (tertiary/aromatic N) is 1. The third-order valence-electron chi connectivity index (χ3n) is 2.99. The third kappa shape index (κ3) is 5.48. The lowest BCUT2D eigenvalue weighted by Gasteiger charge is -2.21. The van der Waals surface area contributed by atoms with Crippen molar-refractivity contribution in [3.8, 4) is 5.75 Å². The standard InChI is InChI=1S/C17H21BrN2O/c1-17(2,3)20-10-14-8-9-19-11-16(14)21-12-13-4-6-15(18)7-5-13/h4-9,11,20H,10,12H2,1-3H3. The molecule has 4 heteroatoms. The molecule has 0 amide bonds. The first-order chi connectivity index (χ1) is 9.94. The zero-order valence-corrected chi connectivity index (χ0v) is 14.3. The van der Waals surface area contributed by atoms with Crippen molar-refractivity contribution in [2.45, 2.75) is 39.5 Å². The molecule has 1 heterocycles. The van der Waals surface area contributed by atoms with Gasteiger partial charge in [0.1, 0.15) is 12.4 Å². The minimum absolute atomic E-state index is 0.0756. The molecule has 1 N–H and O–H groups in total. The van der Waals surface area contributed by atoms with Gasteiger partial charge in [0.15, 0.2) is 0 Å². The van der Waals surface area contributed by atoms with E-state index in [9.17, 15) is 0 Å². The molecule has 0 spiro atoms. The Kier molecular flexibility index (Phi) is 5.37. The number of ether oxygens (including phenoxy) is 1. The summed E-state index contributed by atoms with van der Waals surface area (Å²) in [5, 5.41) is 3.47. The number of aromatic nitrogens is 1. The molecule has 1 aromatic heterocycles. The number of hydrogen-bond donors (Lipinski definition) is 1. The summed E-state index contributed by atoms with van der Waals surface area (Å²) in [6, 6.07) is 10.1. The number of pyridine rings is 1. The fourth-order valence-electron chi connectivity index (χ4n) is 1.79. The molecule has 0 fully saturated rings. The molecule has 112 valence electrons. The van der Waals surface area contributed by atoms with E-state index in [0.717, 1.165) is 27.9 Å². The van der Waals surface area contributed by atoms with Gasteiger partial charge in [-0.3, -0.25) is 4.98 Å². The molecular weight excluding hydrogens is 328 g/mol. The van der Waals surface area contributed by atoms with Crippen molar-refractivity contribution >= 4 is 15.9 Å². The summed E-state index contributed by atoms with van der Waals surface area (Å²) in [5.74, 6) is 0.831. The second-order valence-corrected chi connectivity index (χ2v) is 6.92. The summed E-state index contributed by atoms with van der Waals surface area (Å²) >= 11 is 3.43. The Morgan fingerprint density at radius 3 is 2.52 bits per heavy atom. The lowest BCUT2D eigenvalue weighted by atomic mass is 10.1. The highest BCUT2D eigenvalue weighted by atomic mass is 79.9. The molecule has 0 saturated carbocycles. The topological polar surface area (TPSA) is 34.2 Å². The number of hydrogen-bond acceptors (Lipinski definition) is 3. The van der Waals surface area contributed by atoms with E-state index in [1.165, 1.54) is 0 Å². The normalized spacial score (nSPS) is 11.4. The van der Waals surface area contributed by atoms with Crippen LogP contribution in [0.3, 0.4) is 0 Å². The first-order valence-corrected chi connectivity index (χ1v) is 7.78. The highest BCUT2D eigenvalue weighted by molar-refractivity contribution is 9.10. The van der Waals surface area contributed by atoms with Crippen molar-refractivity contribution in [1.82, 2.24) is 10.3 Å². The van der Waals surface area contributed by atoms with Gasteiger partial charge in [-0.2, -0.15) is 0 Å². The SMILES string of the molecule is CC(C)(C)NCc1ccncc1OCc1ccc(Br)cc1. The van der Waals surface area contributed by atoms with Crippen molar-refractivity contribution in [3.05, 3.63) is 58.3 Å². The number of nitrogens with one attached hydrogen (secondary N) is 1. The van der Waals surface area contributed by atoms with Crippen molar-refractivity contribution in [1.29, 1.82) is 0 Å². The Bertz CT molecular complexity index is 576. The second kappa shape index (κ2) is 7.05. The maximum absolute atomic E-state index is 5.91. The summed E-state index contributed by atoms with van der Waals surface area (Å²) in [6.07, 6.45) is 3.57. The van der Waals surface area contributed by atoms with E-state index in [-0.39, 0.29) is 5.54 Å². The number of halogens is 1. The van der Waals surface area contributed by atoms with Crippen LogP contribution < -0.4 is 10.1 Å². The van der Waals surface area contributed by atoms with Crippen LogP contribution in [0.15, 0.2) is 47.2 Å². The summed E-state index contributed by atoms with van der Waals surface area (Å²) in [4.78, 5) is 4.16. The van der Waals surface area contributed by atoms with Gasteiger partial charge in [-0.25, -0.2) is 0 Å². The average molecular weight is 349 g/mol. The molecule has 2 rings (SSSR count). The molecule has 3 nitrogen and oxygen atoms in total. The Hall–Kier alpha value is -1.39. The van der Waals surface area contributed by atoms with E-state index in [0.29, 0.717) is 6.61 Å². The van der Waals surface area contributed by atoms with Gasteiger partial charge < -0.3 is 10.1 Å². The molecule has 21 heavy (non-hydrogen) atoms. The van der Waals surface area contributed by atoms with Crippen molar-refractivity contribution in [2.75, 3.05) is 0 Å². The van der Waals surface area contributed by atoms with E-state index in [1.54, 1.807) is 12.4 Å². The van der Waals surface area contributed by atoms with Crippen molar-refractivity contribution in [3.63, 3.8) is 0 Å². The third-order valence-corrected chi connectivity index (χ3v) is 3.52. The first kappa shape index (κ1) is 16.0. The predicted molar refractivity (Wildman–Crippen MR) is 89.3 cm³/mol. The summed E-state index contributed by atoms with van der Waals surface area (Å²) in [7, 11) is 0. The monoisotopic (exact) mass is 348 g/mol. The number of benzene rings is 1. The van der Waals surface area contributed by atoms with E-state index in [4.69, 9.17) is 4.74 Å². The fourth-order valence-corrected chi connectivity index (χ4v) is 2.05. The van der Waals surface area contributed by atoms with Gasteiger partial charge in [0.25, 0.3) is 0 Å². The quantitative estimate of drug-likeness (QED) is 0.873. The maximum Gasteiger partial charge on any atom is 0.142 e. The summed E-state index contributed by atoms with van der Waals surface area (Å²) < 4.78 is 6.98. The van der Waals surface area contributed by atoms with Crippen LogP contribution in [-0.4, -0.2) is 10.5 Å². The van der Waals surface area contributed by atoms with Crippen LogP contribution in [0.25, 0.3) is 0 Å². The van der Waals surface area contributed by atoms with Crippen LogP contribution in [0.1, 0.15) is 31.9 Å². The van der Waals surface area contributed by atoms with Gasteiger partial charge in [0.2, 0.25) is 0 Å². The molecule has 0 aliphatic heterocycles. The van der Waals surface area contributed by atoms with Gasteiger partial charge in [0, 0.05) is 28.3 Å². The zero-order chi connectivity index (χ0) is 15.3. The molecule has 0 unspecified atom stereocenters. The van der Waals surface area contributed by atoms with E-state index in [1.807, 2.05) is 30.3 Å². The van der Waals surface area contributed by atoms with E-state index < -0.39 is 0 Å². The van der Waals surface area contributed by atoms with Gasteiger partial charge in [-0.1, -0.05) is 28.1 Å². The van der Waals surface area contributed by atoms with Crippen LogP contribution in [0.2, 0.25) is 0 Å².